The molecule has 1 aliphatic heterocycles. The molecule has 1 fully saturated rings. The standard InChI is InChI=1S/C16H22FN3/c1-3-20-12-13(11-19-9-7-18(2)8-10-19)16-14(17)5-4-6-15(16)20/h4-6,12H,3,7-11H2,1-2H3. The predicted octanol–water partition coefficient (Wildman–Crippen LogP) is 2.55. The summed E-state index contributed by atoms with van der Waals surface area (Å²) in [5.41, 5.74) is 2.13. The first kappa shape index (κ1) is 13.6. The number of hydrogen-bond donors (Lipinski definition) is 0. The molecule has 3 rings (SSSR count). The van der Waals surface area contributed by atoms with E-state index in [4.69, 9.17) is 0 Å². The van der Waals surface area contributed by atoms with Crippen molar-refractivity contribution in [3.8, 4) is 0 Å². The monoisotopic (exact) mass is 275 g/mol. The molecule has 0 saturated carbocycles. The van der Waals surface area contributed by atoms with Crippen LogP contribution in [0, 0.1) is 5.82 Å². The third-order valence-electron chi connectivity index (χ3n) is 4.26. The highest BCUT2D eigenvalue weighted by Gasteiger charge is 2.18. The Kier molecular flexibility index (Phi) is 3.76. The van der Waals surface area contributed by atoms with Crippen molar-refractivity contribution in [3.05, 3.63) is 35.8 Å². The summed E-state index contributed by atoms with van der Waals surface area (Å²) in [6.45, 7) is 8.13. The van der Waals surface area contributed by atoms with Gasteiger partial charge in [0.2, 0.25) is 0 Å². The zero-order chi connectivity index (χ0) is 14.1. The largest absolute Gasteiger partial charge is 0.347 e. The highest BCUT2D eigenvalue weighted by molar-refractivity contribution is 5.84. The minimum Gasteiger partial charge on any atom is -0.347 e. The zero-order valence-corrected chi connectivity index (χ0v) is 12.3. The van der Waals surface area contributed by atoms with Gasteiger partial charge in [-0.2, -0.15) is 0 Å². The van der Waals surface area contributed by atoms with Gasteiger partial charge in [-0.05, 0) is 31.7 Å². The third kappa shape index (κ3) is 2.45. The molecule has 3 nitrogen and oxygen atoms in total. The quantitative estimate of drug-likeness (QED) is 0.853. The second-order valence-electron chi connectivity index (χ2n) is 5.65. The second kappa shape index (κ2) is 5.54. The van der Waals surface area contributed by atoms with Crippen LogP contribution in [0.2, 0.25) is 0 Å². The molecule has 1 saturated heterocycles. The molecule has 0 unspecified atom stereocenters. The molecule has 0 radical (unpaired) electrons. The molecular formula is C16H22FN3. The fourth-order valence-corrected chi connectivity index (χ4v) is 3.02. The molecule has 1 aliphatic rings. The van der Waals surface area contributed by atoms with Crippen molar-refractivity contribution in [1.82, 2.24) is 14.4 Å². The van der Waals surface area contributed by atoms with E-state index in [1.54, 1.807) is 12.1 Å². The van der Waals surface area contributed by atoms with E-state index in [2.05, 4.69) is 34.5 Å². The molecule has 0 N–H and O–H groups in total. The van der Waals surface area contributed by atoms with Gasteiger partial charge in [0.05, 0.1) is 5.52 Å². The van der Waals surface area contributed by atoms with Gasteiger partial charge >= 0.3 is 0 Å². The number of piperazine rings is 1. The highest BCUT2D eigenvalue weighted by atomic mass is 19.1. The van der Waals surface area contributed by atoms with Gasteiger partial charge in [0, 0.05) is 50.9 Å². The molecule has 4 heteroatoms. The van der Waals surface area contributed by atoms with E-state index in [0.29, 0.717) is 0 Å². The zero-order valence-electron chi connectivity index (χ0n) is 12.3. The van der Waals surface area contributed by atoms with Crippen LogP contribution in [0.15, 0.2) is 24.4 Å². The lowest BCUT2D eigenvalue weighted by Crippen LogP contribution is -2.43. The number of aryl methyl sites for hydroxylation is 1. The third-order valence-corrected chi connectivity index (χ3v) is 4.26. The van der Waals surface area contributed by atoms with Gasteiger partial charge in [-0.3, -0.25) is 4.90 Å². The van der Waals surface area contributed by atoms with Crippen LogP contribution in [-0.2, 0) is 13.1 Å². The average molecular weight is 275 g/mol. The van der Waals surface area contributed by atoms with Gasteiger partial charge in [-0.25, -0.2) is 4.39 Å². The molecule has 1 aromatic carbocycles. The lowest BCUT2D eigenvalue weighted by Gasteiger charge is -2.32. The van der Waals surface area contributed by atoms with Crippen LogP contribution < -0.4 is 0 Å². The molecule has 108 valence electrons. The Morgan fingerprint density at radius 3 is 2.60 bits per heavy atom. The van der Waals surface area contributed by atoms with E-state index in [1.807, 2.05) is 6.07 Å². The molecule has 20 heavy (non-hydrogen) atoms. The van der Waals surface area contributed by atoms with Crippen molar-refractivity contribution in [1.29, 1.82) is 0 Å². The van der Waals surface area contributed by atoms with E-state index in [-0.39, 0.29) is 5.82 Å². The summed E-state index contributed by atoms with van der Waals surface area (Å²) in [4.78, 5) is 4.76. The maximum Gasteiger partial charge on any atom is 0.132 e. The second-order valence-corrected chi connectivity index (χ2v) is 5.65. The molecule has 0 amide bonds. The van der Waals surface area contributed by atoms with Crippen molar-refractivity contribution < 1.29 is 4.39 Å². The fourth-order valence-electron chi connectivity index (χ4n) is 3.02. The van der Waals surface area contributed by atoms with Gasteiger partial charge < -0.3 is 9.47 Å². The van der Waals surface area contributed by atoms with Crippen LogP contribution in [0.1, 0.15) is 12.5 Å². The number of halogens is 1. The van der Waals surface area contributed by atoms with Crippen molar-refractivity contribution in [2.24, 2.45) is 0 Å². The van der Waals surface area contributed by atoms with Gasteiger partial charge in [-0.15, -0.1) is 0 Å². The average Bonchev–Trinajstić information content (AvgIpc) is 2.81. The number of nitrogens with zero attached hydrogens (tertiary/aromatic N) is 3. The molecule has 1 aromatic heterocycles. The van der Waals surface area contributed by atoms with Gasteiger partial charge in [0.25, 0.3) is 0 Å². The minimum absolute atomic E-state index is 0.0983. The Balaban J connectivity index is 1.91. The highest BCUT2D eigenvalue weighted by Crippen LogP contribution is 2.25. The summed E-state index contributed by atoms with van der Waals surface area (Å²) in [6.07, 6.45) is 2.12. The minimum atomic E-state index is -0.0983. The number of fused-ring (bicyclic) bond motifs is 1. The predicted molar refractivity (Wildman–Crippen MR) is 80.3 cm³/mol. The van der Waals surface area contributed by atoms with E-state index in [0.717, 1.165) is 55.7 Å². The molecule has 2 aromatic rings. The first-order valence-corrected chi connectivity index (χ1v) is 7.36. The van der Waals surface area contributed by atoms with E-state index >= 15 is 0 Å². The van der Waals surface area contributed by atoms with Gasteiger partial charge in [0.15, 0.2) is 0 Å². The first-order chi connectivity index (χ1) is 9.69. The Bertz CT molecular complexity index is 597. The van der Waals surface area contributed by atoms with Crippen LogP contribution in [0.3, 0.4) is 0 Å². The number of likely N-dealkylation sites (N-methyl/N-ethyl adjacent to an activating group) is 1. The Hall–Kier alpha value is -1.39. The molecule has 0 bridgehead atoms. The summed E-state index contributed by atoms with van der Waals surface area (Å²) >= 11 is 0. The molecule has 0 aliphatic carbocycles. The molecule has 0 atom stereocenters. The van der Waals surface area contributed by atoms with E-state index in [9.17, 15) is 4.39 Å². The van der Waals surface area contributed by atoms with E-state index < -0.39 is 0 Å². The van der Waals surface area contributed by atoms with Crippen molar-refractivity contribution >= 4 is 10.9 Å². The van der Waals surface area contributed by atoms with Crippen LogP contribution in [0.4, 0.5) is 4.39 Å². The summed E-state index contributed by atoms with van der Waals surface area (Å²) < 4.78 is 16.3. The Morgan fingerprint density at radius 1 is 1.15 bits per heavy atom. The van der Waals surface area contributed by atoms with Gasteiger partial charge in [0.1, 0.15) is 5.82 Å². The molecular weight excluding hydrogens is 253 g/mol. The summed E-state index contributed by atoms with van der Waals surface area (Å²) in [7, 11) is 2.15. The first-order valence-electron chi connectivity index (χ1n) is 7.36. The number of benzene rings is 1. The number of aromatic nitrogens is 1. The maximum atomic E-state index is 14.2. The van der Waals surface area contributed by atoms with Crippen LogP contribution in [0.25, 0.3) is 10.9 Å². The molecule has 2 heterocycles. The normalized spacial score (nSPS) is 17.9. The van der Waals surface area contributed by atoms with Crippen molar-refractivity contribution in [2.45, 2.75) is 20.0 Å². The van der Waals surface area contributed by atoms with E-state index in [1.165, 1.54) is 0 Å². The fraction of sp³-hybridized carbons (Fsp3) is 0.500. The maximum absolute atomic E-state index is 14.2. The summed E-state index contributed by atoms with van der Waals surface area (Å²) in [6, 6.07) is 5.37. The Morgan fingerprint density at radius 2 is 1.90 bits per heavy atom. The van der Waals surface area contributed by atoms with Gasteiger partial charge in [-0.1, -0.05) is 6.07 Å². The van der Waals surface area contributed by atoms with Crippen molar-refractivity contribution in [3.63, 3.8) is 0 Å². The Labute approximate surface area is 119 Å². The smallest absolute Gasteiger partial charge is 0.132 e. The summed E-state index contributed by atoms with van der Waals surface area (Å²) in [5.74, 6) is -0.0983. The summed E-state index contributed by atoms with van der Waals surface area (Å²) in [5, 5.41) is 0.799. The number of rotatable bonds is 3. The van der Waals surface area contributed by atoms with Crippen molar-refractivity contribution in [2.75, 3.05) is 33.2 Å². The lowest BCUT2D eigenvalue weighted by molar-refractivity contribution is 0.148. The van der Waals surface area contributed by atoms with Crippen LogP contribution >= 0.6 is 0 Å². The lowest BCUT2D eigenvalue weighted by atomic mass is 10.1. The molecule has 0 spiro atoms. The number of hydrogen-bond acceptors (Lipinski definition) is 2. The topological polar surface area (TPSA) is 11.4 Å². The SMILES string of the molecule is CCn1cc(CN2CCN(C)CC2)c2c(F)cccc21. The van der Waals surface area contributed by atoms with Crippen LogP contribution in [0.5, 0.6) is 0 Å². The van der Waals surface area contributed by atoms with Crippen LogP contribution in [-0.4, -0.2) is 47.6 Å².